The molecule has 0 atom stereocenters. The Kier molecular flexibility index (Phi) is 4.04. The van der Waals surface area contributed by atoms with E-state index in [-0.39, 0.29) is 5.76 Å². The lowest BCUT2D eigenvalue weighted by Gasteiger charge is -1.99. The molecule has 0 radical (unpaired) electrons. The second-order valence-corrected chi connectivity index (χ2v) is 1.50. The fraction of sp³-hybridized carbons (Fsp3) is 0.286. The van der Waals surface area contributed by atoms with E-state index in [4.69, 9.17) is 4.74 Å². The molecule has 0 unspecified atom stereocenters. The van der Waals surface area contributed by atoms with E-state index in [1.165, 1.54) is 13.4 Å². The molecular formula is C7H10O3. The molecule has 0 amide bonds. The van der Waals surface area contributed by atoms with Crippen LogP contribution in [0.3, 0.4) is 0 Å². The standard InChI is InChI=1S/C7H10O3/c1-4-5-10-6(2)7(8)9-3/h4-5H,2H2,1,3H3. The average molecular weight is 142 g/mol. The van der Waals surface area contributed by atoms with Gasteiger partial charge < -0.3 is 9.47 Å². The Morgan fingerprint density at radius 3 is 2.60 bits per heavy atom. The molecule has 0 saturated heterocycles. The molecule has 0 aliphatic heterocycles. The number of allylic oxidation sites excluding steroid dienone is 1. The molecule has 0 N–H and O–H groups in total. The monoisotopic (exact) mass is 142 g/mol. The molecule has 0 bridgehead atoms. The summed E-state index contributed by atoms with van der Waals surface area (Å²) in [4.78, 5) is 10.5. The predicted octanol–water partition coefficient (Wildman–Crippen LogP) is 1.22. The zero-order valence-electron chi connectivity index (χ0n) is 6.09. The summed E-state index contributed by atoms with van der Waals surface area (Å²) in [5.74, 6) is -0.571. The van der Waals surface area contributed by atoms with Gasteiger partial charge in [0.2, 0.25) is 5.76 Å². The fourth-order valence-electron chi connectivity index (χ4n) is 0.312. The molecule has 0 spiro atoms. The van der Waals surface area contributed by atoms with Crippen LogP contribution in [-0.2, 0) is 14.3 Å². The van der Waals surface area contributed by atoms with Gasteiger partial charge in [-0.15, -0.1) is 0 Å². The number of methoxy groups -OCH3 is 1. The molecule has 0 aromatic heterocycles. The van der Waals surface area contributed by atoms with Gasteiger partial charge in [-0.25, -0.2) is 4.79 Å². The summed E-state index contributed by atoms with van der Waals surface area (Å²) in [7, 11) is 1.27. The fourth-order valence-corrected chi connectivity index (χ4v) is 0.312. The summed E-state index contributed by atoms with van der Waals surface area (Å²) >= 11 is 0. The summed E-state index contributed by atoms with van der Waals surface area (Å²) in [6, 6.07) is 0. The van der Waals surface area contributed by atoms with Crippen molar-refractivity contribution in [3.05, 3.63) is 24.7 Å². The molecule has 0 saturated carbocycles. The molecule has 10 heavy (non-hydrogen) atoms. The Labute approximate surface area is 59.9 Å². The number of ether oxygens (including phenoxy) is 2. The molecule has 0 aromatic rings. The van der Waals surface area contributed by atoms with Crippen molar-refractivity contribution in [3.63, 3.8) is 0 Å². The van der Waals surface area contributed by atoms with Crippen LogP contribution >= 0.6 is 0 Å². The van der Waals surface area contributed by atoms with Crippen LogP contribution in [0.1, 0.15) is 6.92 Å². The van der Waals surface area contributed by atoms with E-state index in [1.54, 1.807) is 13.0 Å². The maximum Gasteiger partial charge on any atom is 0.373 e. The molecule has 0 fully saturated rings. The Morgan fingerprint density at radius 1 is 1.60 bits per heavy atom. The Morgan fingerprint density at radius 2 is 2.20 bits per heavy atom. The molecule has 56 valence electrons. The topological polar surface area (TPSA) is 35.5 Å². The van der Waals surface area contributed by atoms with E-state index in [2.05, 4.69) is 11.3 Å². The molecule has 0 aliphatic carbocycles. The predicted molar refractivity (Wildman–Crippen MR) is 37.1 cm³/mol. The second kappa shape index (κ2) is 4.61. The van der Waals surface area contributed by atoms with Crippen molar-refractivity contribution in [3.8, 4) is 0 Å². The van der Waals surface area contributed by atoms with Gasteiger partial charge in [0.15, 0.2) is 0 Å². The minimum Gasteiger partial charge on any atom is -0.463 e. The highest BCUT2D eigenvalue weighted by Gasteiger charge is 2.04. The lowest BCUT2D eigenvalue weighted by atomic mass is 10.6. The quantitative estimate of drug-likeness (QED) is 0.337. The SMILES string of the molecule is C=C(OC=CC)C(=O)OC. The van der Waals surface area contributed by atoms with Crippen LogP contribution in [0.4, 0.5) is 0 Å². The zero-order chi connectivity index (χ0) is 7.98. The molecule has 0 rings (SSSR count). The van der Waals surface area contributed by atoms with Crippen LogP contribution < -0.4 is 0 Å². The van der Waals surface area contributed by atoms with Gasteiger partial charge in [-0.05, 0) is 13.5 Å². The number of hydrogen-bond acceptors (Lipinski definition) is 3. The van der Waals surface area contributed by atoms with E-state index in [0.29, 0.717) is 0 Å². The first-order valence-electron chi connectivity index (χ1n) is 2.77. The van der Waals surface area contributed by atoms with Gasteiger partial charge in [0.25, 0.3) is 0 Å². The first kappa shape index (κ1) is 8.75. The third kappa shape index (κ3) is 2.91. The van der Waals surface area contributed by atoms with Crippen molar-refractivity contribution >= 4 is 5.97 Å². The minimum absolute atomic E-state index is 0.0133. The van der Waals surface area contributed by atoms with Gasteiger partial charge in [-0.2, -0.15) is 0 Å². The normalized spacial score (nSPS) is 9.40. The molecule has 0 heterocycles. The zero-order valence-corrected chi connectivity index (χ0v) is 6.09. The summed E-state index contributed by atoms with van der Waals surface area (Å²) in [5.41, 5.74) is 0. The van der Waals surface area contributed by atoms with E-state index in [1.807, 2.05) is 0 Å². The van der Waals surface area contributed by atoms with Crippen LogP contribution in [0.25, 0.3) is 0 Å². The smallest absolute Gasteiger partial charge is 0.373 e. The van der Waals surface area contributed by atoms with Crippen molar-refractivity contribution in [2.45, 2.75) is 6.92 Å². The third-order valence-electron chi connectivity index (χ3n) is 0.759. The van der Waals surface area contributed by atoms with Crippen molar-refractivity contribution in [1.82, 2.24) is 0 Å². The highest BCUT2D eigenvalue weighted by molar-refractivity contribution is 5.85. The number of hydrogen-bond donors (Lipinski definition) is 0. The maximum absolute atomic E-state index is 10.5. The molecular weight excluding hydrogens is 132 g/mol. The van der Waals surface area contributed by atoms with Crippen molar-refractivity contribution in [1.29, 1.82) is 0 Å². The van der Waals surface area contributed by atoms with Gasteiger partial charge >= 0.3 is 5.97 Å². The van der Waals surface area contributed by atoms with E-state index in [0.717, 1.165) is 0 Å². The van der Waals surface area contributed by atoms with Crippen molar-refractivity contribution < 1.29 is 14.3 Å². The summed E-state index contributed by atoms with van der Waals surface area (Å²) in [6.45, 7) is 5.08. The summed E-state index contributed by atoms with van der Waals surface area (Å²) in [6.07, 6.45) is 3.01. The molecule has 3 heteroatoms. The lowest BCUT2D eigenvalue weighted by molar-refractivity contribution is -0.139. The van der Waals surface area contributed by atoms with Crippen LogP contribution in [0.15, 0.2) is 24.7 Å². The van der Waals surface area contributed by atoms with Crippen molar-refractivity contribution in [2.24, 2.45) is 0 Å². The Bertz CT molecular complexity index is 158. The number of carbonyl (C=O) groups is 1. The van der Waals surface area contributed by atoms with E-state index >= 15 is 0 Å². The van der Waals surface area contributed by atoms with Gasteiger partial charge in [-0.1, -0.05) is 6.08 Å². The Balaban J connectivity index is 3.74. The van der Waals surface area contributed by atoms with Gasteiger partial charge in [0.1, 0.15) is 0 Å². The Hall–Kier alpha value is -1.25. The lowest BCUT2D eigenvalue weighted by Crippen LogP contribution is -2.03. The van der Waals surface area contributed by atoms with Gasteiger partial charge in [0, 0.05) is 0 Å². The third-order valence-corrected chi connectivity index (χ3v) is 0.759. The summed E-state index contributed by atoms with van der Waals surface area (Å²) < 4.78 is 9.01. The first-order chi connectivity index (χ1) is 4.72. The number of esters is 1. The van der Waals surface area contributed by atoms with Crippen molar-refractivity contribution in [2.75, 3.05) is 7.11 Å². The molecule has 3 nitrogen and oxygen atoms in total. The van der Waals surface area contributed by atoms with E-state index in [9.17, 15) is 4.79 Å². The molecule has 0 aliphatic rings. The molecule has 0 aromatic carbocycles. The highest BCUT2D eigenvalue weighted by Crippen LogP contribution is 1.95. The number of carbonyl (C=O) groups excluding carboxylic acids is 1. The van der Waals surface area contributed by atoms with Crippen LogP contribution in [-0.4, -0.2) is 13.1 Å². The van der Waals surface area contributed by atoms with Crippen LogP contribution in [0, 0.1) is 0 Å². The summed E-state index contributed by atoms with van der Waals surface area (Å²) in [5, 5.41) is 0. The van der Waals surface area contributed by atoms with Gasteiger partial charge in [0.05, 0.1) is 13.4 Å². The number of rotatable bonds is 3. The van der Waals surface area contributed by atoms with Crippen LogP contribution in [0.5, 0.6) is 0 Å². The largest absolute Gasteiger partial charge is 0.463 e. The maximum atomic E-state index is 10.5. The van der Waals surface area contributed by atoms with E-state index < -0.39 is 5.97 Å². The highest BCUT2D eigenvalue weighted by atomic mass is 16.6. The van der Waals surface area contributed by atoms with Crippen LogP contribution in [0.2, 0.25) is 0 Å². The van der Waals surface area contributed by atoms with Gasteiger partial charge in [-0.3, -0.25) is 0 Å². The second-order valence-electron chi connectivity index (χ2n) is 1.50. The average Bonchev–Trinajstić information content (AvgIpc) is 1.98. The first-order valence-corrected chi connectivity index (χ1v) is 2.77. The minimum atomic E-state index is -0.557.